The average molecular weight is 351 g/mol. The number of anilines is 1. The Labute approximate surface area is 142 Å². The fraction of sp³-hybridized carbons (Fsp3) is 0.176. The highest BCUT2D eigenvalue weighted by Gasteiger charge is 2.10. The van der Waals surface area contributed by atoms with Gasteiger partial charge in [0.2, 0.25) is 0 Å². The van der Waals surface area contributed by atoms with Crippen LogP contribution in [0.3, 0.4) is 0 Å². The highest BCUT2D eigenvalue weighted by molar-refractivity contribution is 8.00. The van der Waals surface area contributed by atoms with Crippen molar-refractivity contribution in [2.45, 2.75) is 11.8 Å². The van der Waals surface area contributed by atoms with E-state index in [2.05, 4.69) is 5.32 Å². The summed E-state index contributed by atoms with van der Waals surface area (Å²) in [5.41, 5.74) is 0.740. The van der Waals surface area contributed by atoms with E-state index in [1.807, 2.05) is 0 Å². The van der Waals surface area contributed by atoms with Crippen LogP contribution in [0.5, 0.6) is 0 Å². The average Bonchev–Trinajstić information content (AvgIpc) is 2.55. The first-order valence-corrected chi connectivity index (χ1v) is 8.03. The molecule has 126 valence electrons. The topological polar surface area (TPSA) is 55.4 Å². The largest absolute Gasteiger partial charge is 0.455 e. The molecule has 0 aliphatic heterocycles. The maximum absolute atomic E-state index is 13.4. The molecular weight excluding hydrogens is 336 g/mol. The summed E-state index contributed by atoms with van der Waals surface area (Å²) in [6.45, 7) is 1.11. The molecule has 0 heterocycles. The number of ether oxygens (including phenoxy) is 1. The molecule has 24 heavy (non-hydrogen) atoms. The number of amides is 1. The Kier molecular flexibility index (Phi) is 6.31. The van der Waals surface area contributed by atoms with Gasteiger partial charge < -0.3 is 10.1 Å². The van der Waals surface area contributed by atoms with E-state index in [1.54, 1.807) is 31.2 Å². The normalized spacial score (nSPS) is 10.3. The minimum Gasteiger partial charge on any atom is -0.455 e. The Morgan fingerprint density at radius 2 is 1.88 bits per heavy atom. The van der Waals surface area contributed by atoms with Crippen LogP contribution in [0.1, 0.15) is 5.56 Å². The SMILES string of the molecule is Cc1ccc(NC(=O)COC(=O)CSc2ccccc2F)cc1F. The molecule has 0 spiro atoms. The maximum atomic E-state index is 13.4. The zero-order valence-corrected chi connectivity index (χ0v) is 13.7. The van der Waals surface area contributed by atoms with Crippen molar-refractivity contribution < 1.29 is 23.1 Å². The van der Waals surface area contributed by atoms with Crippen molar-refractivity contribution in [3.05, 3.63) is 59.7 Å². The van der Waals surface area contributed by atoms with E-state index in [0.717, 1.165) is 11.8 Å². The first kappa shape index (κ1) is 17.9. The summed E-state index contributed by atoms with van der Waals surface area (Å²) < 4.78 is 31.6. The van der Waals surface area contributed by atoms with Gasteiger partial charge in [0.15, 0.2) is 6.61 Å². The lowest BCUT2D eigenvalue weighted by Crippen LogP contribution is -2.21. The number of carbonyl (C=O) groups excluding carboxylic acids is 2. The summed E-state index contributed by atoms with van der Waals surface area (Å²) >= 11 is 0.984. The molecule has 1 amide bonds. The van der Waals surface area contributed by atoms with Gasteiger partial charge in [-0.1, -0.05) is 18.2 Å². The fourth-order valence-corrected chi connectivity index (χ4v) is 2.49. The smallest absolute Gasteiger partial charge is 0.316 e. The molecule has 0 bridgehead atoms. The van der Waals surface area contributed by atoms with E-state index in [9.17, 15) is 18.4 Å². The molecule has 0 unspecified atom stereocenters. The predicted octanol–water partition coefficient (Wildman–Crippen LogP) is 3.55. The highest BCUT2D eigenvalue weighted by atomic mass is 32.2. The molecule has 1 N–H and O–H groups in total. The number of thioether (sulfide) groups is 1. The number of hydrogen-bond donors (Lipinski definition) is 1. The molecule has 0 aliphatic rings. The van der Waals surface area contributed by atoms with Crippen LogP contribution in [-0.4, -0.2) is 24.2 Å². The molecule has 0 saturated heterocycles. The van der Waals surface area contributed by atoms with Gasteiger partial charge in [-0.2, -0.15) is 0 Å². The van der Waals surface area contributed by atoms with E-state index in [0.29, 0.717) is 10.5 Å². The van der Waals surface area contributed by atoms with E-state index < -0.39 is 30.1 Å². The molecule has 0 atom stereocenters. The third-order valence-corrected chi connectivity index (χ3v) is 4.02. The zero-order valence-electron chi connectivity index (χ0n) is 12.8. The second-order valence-electron chi connectivity index (χ2n) is 4.89. The standard InChI is InChI=1S/C17H15F2NO3S/c1-11-6-7-12(8-14(11)19)20-16(21)9-23-17(22)10-24-15-5-3-2-4-13(15)18/h2-8H,9-10H2,1H3,(H,20,21). The van der Waals surface area contributed by atoms with Crippen molar-refractivity contribution in [1.82, 2.24) is 0 Å². The third-order valence-electron chi connectivity index (χ3n) is 3.00. The van der Waals surface area contributed by atoms with Crippen LogP contribution in [0, 0.1) is 18.6 Å². The molecule has 0 aliphatic carbocycles. The number of aryl methyl sites for hydroxylation is 1. The van der Waals surface area contributed by atoms with Gasteiger partial charge in [-0.3, -0.25) is 9.59 Å². The first-order chi connectivity index (χ1) is 11.5. The molecular formula is C17H15F2NO3S. The summed E-state index contributed by atoms with van der Waals surface area (Å²) in [6, 6.07) is 10.3. The van der Waals surface area contributed by atoms with Crippen LogP contribution in [0.4, 0.5) is 14.5 Å². The Bertz CT molecular complexity index is 752. The summed E-state index contributed by atoms with van der Waals surface area (Å²) in [5, 5.41) is 2.43. The summed E-state index contributed by atoms with van der Waals surface area (Å²) in [6.07, 6.45) is 0. The van der Waals surface area contributed by atoms with E-state index in [1.165, 1.54) is 18.2 Å². The number of halogens is 2. The van der Waals surface area contributed by atoms with E-state index >= 15 is 0 Å². The lowest BCUT2D eigenvalue weighted by molar-refractivity contribution is -0.144. The third kappa shape index (κ3) is 5.34. The molecule has 4 nitrogen and oxygen atoms in total. The lowest BCUT2D eigenvalue weighted by Gasteiger charge is -2.07. The quantitative estimate of drug-likeness (QED) is 0.639. The number of benzene rings is 2. The minimum absolute atomic E-state index is 0.118. The van der Waals surface area contributed by atoms with E-state index in [-0.39, 0.29) is 11.4 Å². The van der Waals surface area contributed by atoms with Crippen LogP contribution < -0.4 is 5.32 Å². The van der Waals surface area contributed by atoms with Crippen molar-refractivity contribution in [3.63, 3.8) is 0 Å². The van der Waals surface area contributed by atoms with Crippen molar-refractivity contribution in [1.29, 1.82) is 0 Å². The molecule has 0 fully saturated rings. The molecule has 7 heteroatoms. The molecule has 2 aromatic carbocycles. The van der Waals surface area contributed by atoms with Crippen LogP contribution in [0.15, 0.2) is 47.4 Å². The van der Waals surface area contributed by atoms with Crippen molar-refractivity contribution in [2.75, 3.05) is 17.7 Å². The van der Waals surface area contributed by atoms with Gasteiger partial charge in [0.05, 0.1) is 5.75 Å². The Hall–Kier alpha value is -2.41. The van der Waals surface area contributed by atoms with E-state index in [4.69, 9.17) is 4.74 Å². The van der Waals surface area contributed by atoms with Crippen LogP contribution >= 0.6 is 11.8 Å². The Morgan fingerprint density at radius 3 is 2.58 bits per heavy atom. The first-order valence-electron chi connectivity index (χ1n) is 7.04. The summed E-state index contributed by atoms with van der Waals surface area (Å²) in [5.74, 6) is -2.20. The van der Waals surface area contributed by atoms with Gasteiger partial charge in [0.25, 0.3) is 5.91 Å². The van der Waals surface area contributed by atoms with Gasteiger partial charge in [0, 0.05) is 10.6 Å². The van der Waals surface area contributed by atoms with Crippen LogP contribution in [0.25, 0.3) is 0 Å². The number of esters is 1. The highest BCUT2D eigenvalue weighted by Crippen LogP contribution is 2.21. The predicted molar refractivity (Wildman–Crippen MR) is 87.8 cm³/mol. The van der Waals surface area contributed by atoms with Gasteiger partial charge in [-0.05, 0) is 36.8 Å². The molecule has 0 aromatic heterocycles. The lowest BCUT2D eigenvalue weighted by atomic mass is 10.2. The number of nitrogens with one attached hydrogen (secondary N) is 1. The molecule has 2 rings (SSSR count). The second kappa shape index (κ2) is 8.44. The van der Waals surface area contributed by atoms with Crippen molar-refractivity contribution in [3.8, 4) is 0 Å². The molecule has 0 saturated carbocycles. The minimum atomic E-state index is -0.645. The van der Waals surface area contributed by atoms with Gasteiger partial charge >= 0.3 is 5.97 Å². The maximum Gasteiger partial charge on any atom is 0.316 e. The molecule has 2 aromatic rings. The Morgan fingerprint density at radius 1 is 1.12 bits per heavy atom. The summed E-state index contributed by atoms with van der Waals surface area (Å²) in [7, 11) is 0. The monoisotopic (exact) mass is 351 g/mol. The van der Waals surface area contributed by atoms with Crippen molar-refractivity contribution >= 4 is 29.3 Å². The van der Waals surface area contributed by atoms with Crippen LogP contribution in [-0.2, 0) is 14.3 Å². The molecule has 0 radical (unpaired) electrons. The van der Waals surface area contributed by atoms with Gasteiger partial charge in [0.1, 0.15) is 11.6 Å². The van der Waals surface area contributed by atoms with Crippen LogP contribution in [0.2, 0.25) is 0 Å². The van der Waals surface area contributed by atoms with Gasteiger partial charge in [-0.25, -0.2) is 8.78 Å². The Balaban J connectivity index is 1.76. The second-order valence-corrected chi connectivity index (χ2v) is 5.91. The van der Waals surface area contributed by atoms with Crippen molar-refractivity contribution in [2.24, 2.45) is 0 Å². The zero-order chi connectivity index (χ0) is 17.5. The number of hydrogen-bond acceptors (Lipinski definition) is 4. The number of carbonyl (C=O) groups is 2. The number of rotatable bonds is 6. The van der Waals surface area contributed by atoms with Gasteiger partial charge in [-0.15, -0.1) is 11.8 Å². The fourth-order valence-electron chi connectivity index (χ4n) is 1.75. The summed E-state index contributed by atoms with van der Waals surface area (Å²) in [4.78, 5) is 23.6.